The Morgan fingerprint density at radius 1 is 1.12 bits per heavy atom. The molecule has 12 heteroatoms. The summed E-state index contributed by atoms with van der Waals surface area (Å²) in [7, 11) is 0. The molecular formula is C28H27ClN6O5. The lowest BCUT2D eigenvalue weighted by atomic mass is 9.94. The Balaban J connectivity index is 1.71. The van der Waals surface area contributed by atoms with Crippen LogP contribution in [0.5, 0.6) is 5.75 Å². The molecule has 0 spiro atoms. The Labute approximate surface area is 235 Å². The summed E-state index contributed by atoms with van der Waals surface area (Å²) in [5.41, 5.74) is 1.86. The van der Waals surface area contributed by atoms with Crippen molar-refractivity contribution < 1.29 is 19.2 Å². The summed E-state index contributed by atoms with van der Waals surface area (Å²) in [5.74, 6) is 0.247. The van der Waals surface area contributed by atoms with E-state index >= 15 is 0 Å². The predicted molar refractivity (Wildman–Crippen MR) is 148 cm³/mol. The van der Waals surface area contributed by atoms with Gasteiger partial charge in [-0.25, -0.2) is 4.79 Å². The maximum Gasteiger partial charge on any atom is 0.326 e. The van der Waals surface area contributed by atoms with Crippen LogP contribution in [0.15, 0.2) is 72.0 Å². The van der Waals surface area contributed by atoms with E-state index in [1.165, 1.54) is 17.0 Å². The number of carbonyl (C=O) groups excluding carboxylic acids is 2. The van der Waals surface area contributed by atoms with E-state index in [2.05, 4.69) is 10.3 Å². The maximum absolute atomic E-state index is 14.3. The van der Waals surface area contributed by atoms with Crippen molar-refractivity contribution in [3.63, 3.8) is 0 Å². The van der Waals surface area contributed by atoms with E-state index in [0.717, 1.165) is 11.1 Å². The highest BCUT2D eigenvalue weighted by Crippen LogP contribution is 2.45. The van der Waals surface area contributed by atoms with Gasteiger partial charge in [0.2, 0.25) is 5.91 Å². The minimum Gasteiger partial charge on any atom is -0.490 e. The number of halogens is 1. The van der Waals surface area contributed by atoms with Crippen LogP contribution in [0.25, 0.3) is 0 Å². The van der Waals surface area contributed by atoms with Gasteiger partial charge >= 0.3 is 6.03 Å². The van der Waals surface area contributed by atoms with E-state index in [1.54, 1.807) is 35.5 Å². The highest BCUT2D eigenvalue weighted by Gasteiger charge is 2.45. The van der Waals surface area contributed by atoms with Crippen LogP contribution < -0.4 is 10.1 Å². The third-order valence-electron chi connectivity index (χ3n) is 6.62. The SMILES string of the molecule is CC(C)Oc1cc([N+](=O)[O-])ccc1C1=NC(c2ccc(Cl)cc2)C(c2ccncc2)N1C(=O)N1CCNC(=O)C1. The Hall–Kier alpha value is -4.51. The molecule has 1 saturated heterocycles. The number of rotatable bonds is 6. The molecule has 0 bridgehead atoms. The Bertz CT molecular complexity index is 1460. The molecule has 1 N–H and O–H groups in total. The number of pyridine rings is 1. The Morgan fingerprint density at radius 3 is 2.50 bits per heavy atom. The minimum atomic E-state index is -0.612. The predicted octanol–water partition coefficient (Wildman–Crippen LogP) is 4.53. The summed E-state index contributed by atoms with van der Waals surface area (Å²) in [6.45, 7) is 4.16. The van der Waals surface area contributed by atoms with Crippen molar-refractivity contribution >= 4 is 35.1 Å². The van der Waals surface area contributed by atoms with Crippen molar-refractivity contribution in [3.05, 3.63) is 98.8 Å². The van der Waals surface area contributed by atoms with Gasteiger partial charge in [-0.2, -0.15) is 0 Å². The molecule has 2 unspecified atom stereocenters. The summed E-state index contributed by atoms with van der Waals surface area (Å²) in [6, 6.07) is 13.5. The molecule has 1 fully saturated rings. The van der Waals surface area contributed by atoms with Gasteiger partial charge in [-0.1, -0.05) is 23.7 Å². The first-order chi connectivity index (χ1) is 19.2. The van der Waals surface area contributed by atoms with Crippen LogP contribution in [-0.2, 0) is 4.79 Å². The molecule has 206 valence electrons. The van der Waals surface area contributed by atoms with Gasteiger partial charge in [-0.3, -0.25) is 29.8 Å². The number of hydrogen-bond acceptors (Lipinski definition) is 7. The second kappa shape index (κ2) is 11.3. The second-order valence-electron chi connectivity index (χ2n) is 9.70. The Morgan fingerprint density at radius 2 is 1.85 bits per heavy atom. The number of benzene rings is 2. The summed E-state index contributed by atoms with van der Waals surface area (Å²) < 4.78 is 6.01. The highest BCUT2D eigenvalue weighted by atomic mass is 35.5. The number of piperazine rings is 1. The van der Waals surface area contributed by atoms with Crippen LogP contribution in [0, 0.1) is 10.1 Å². The fourth-order valence-corrected chi connectivity index (χ4v) is 5.00. The molecular weight excluding hydrogens is 536 g/mol. The number of aromatic nitrogens is 1. The fraction of sp³-hybridized carbons (Fsp3) is 0.286. The van der Waals surface area contributed by atoms with Crippen LogP contribution in [0.3, 0.4) is 0 Å². The van der Waals surface area contributed by atoms with Gasteiger partial charge in [0.1, 0.15) is 24.2 Å². The average molecular weight is 563 g/mol. The van der Waals surface area contributed by atoms with Crippen LogP contribution in [-0.4, -0.2) is 63.2 Å². The zero-order valence-corrected chi connectivity index (χ0v) is 22.6. The lowest BCUT2D eigenvalue weighted by Crippen LogP contribution is -2.55. The third kappa shape index (κ3) is 5.46. The molecule has 0 radical (unpaired) electrons. The number of ether oxygens (including phenoxy) is 1. The molecule has 11 nitrogen and oxygen atoms in total. The molecule has 3 amide bonds. The van der Waals surface area contributed by atoms with Crippen LogP contribution in [0.1, 0.15) is 42.6 Å². The van der Waals surface area contributed by atoms with Crippen molar-refractivity contribution in [1.82, 2.24) is 20.1 Å². The normalized spacial score (nSPS) is 18.9. The topological polar surface area (TPSA) is 130 Å². The monoisotopic (exact) mass is 562 g/mol. The first-order valence-corrected chi connectivity index (χ1v) is 13.1. The highest BCUT2D eigenvalue weighted by molar-refractivity contribution is 6.30. The molecule has 5 rings (SSSR count). The number of nitro groups is 1. The number of amidine groups is 1. The number of nitrogens with one attached hydrogen (secondary N) is 1. The number of aliphatic imine (C=N–C) groups is 1. The zero-order valence-electron chi connectivity index (χ0n) is 21.9. The molecule has 2 aliphatic heterocycles. The van der Waals surface area contributed by atoms with Crippen LogP contribution in [0.4, 0.5) is 10.5 Å². The van der Waals surface area contributed by atoms with Gasteiger partial charge in [0.15, 0.2) is 0 Å². The smallest absolute Gasteiger partial charge is 0.326 e. The molecule has 3 heterocycles. The number of carbonyl (C=O) groups is 2. The summed E-state index contributed by atoms with van der Waals surface area (Å²) in [4.78, 5) is 49.8. The zero-order chi connectivity index (χ0) is 28.4. The van der Waals surface area contributed by atoms with Gasteiger partial charge in [-0.15, -0.1) is 0 Å². The number of hydrogen-bond donors (Lipinski definition) is 1. The maximum atomic E-state index is 14.3. The molecule has 2 aromatic carbocycles. The number of urea groups is 1. The second-order valence-corrected chi connectivity index (χ2v) is 10.1. The van der Waals surface area contributed by atoms with Crippen molar-refractivity contribution in [3.8, 4) is 5.75 Å². The van der Waals surface area contributed by atoms with E-state index in [4.69, 9.17) is 21.3 Å². The summed E-state index contributed by atoms with van der Waals surface area (Å²) in [5, 5.41) is 14.9. The number of non-ortho nitro benzene ring substituents is 1. The van der Waals surface area contributed by atoms with E-state index in [0.29, 0.717) is 23.7 Å². The van der Waals surface area contributed by atoms with Gasteiger partial charge in [-0.05, 0) is 55.3 Å². The molecule has 1 aromatic heterocycles. The Kier molecular flexibility index (Phi) is 7.65. The molecule has 2 atom stereocenters. The molecule has 2 aliphatic rings. The van der Waals surface area contributed by atoms with E-state index < -0.39 is 23.0 Å². The fourth-order valence-electron chi connectivity index (χ4n) is 4.87. The van der Waals surface area contributed by atoms with Crippen LogP contribution >= 0.6 is 11.6 Å². The van der Waals surface area contributed by atoms with Gasteiger partial charge in [0.25, 0.3) is 5.69 Å². The first kappa shape index (κ1) is 27.1. The number of nitro benzene ring substituents is 1. The van der Waals surface area contributed by atoms with E-state index in [-0.39, 0.29) is 35.8 Å². The summed E-state index contributed by atoms with van der Waals surface area (Å²) >= 11 is 6.18. The van der Waals surface area contributed by atoms with Crippen LogP contribution in [0.2, 0.25) is 5.02 Å². The first-order valence-electron chi connectivity index (χ1n) is 12.8. The van der Waals surface area contributed by atoms with E-state index in [1.807, 2.05) is 38.1 Å². The van der Waals surface area contributed by atoms with Crippen molar-refractivity contribution in [2.24, 2.45) is 4.99 Å². The molecule has 0 aliphatic carbocycles. The third-order valence-corrected chi connectivity index (χ3v) is 6.87. The van der Waals surface area contributed by atoms with E-state index in [9.17, 15) is 19.7 Å². The lowest BCUT2D eigenvalue weighted by molar-refractivity contribution is -0.384. The van der Waals surface area contributed by atoms with Crippen molar-refractivity contribution in [2.45, 2.75) is 32.0 Å². The minimum absolute atomic E-state index is 0.104. The lowest BCUT2D eigenvalue weighted by Gasteiger charge is -2.35. The number of amides is 3. The summed E-state index contributed by atoms with van der Waals surface area (Å²) in [6.07, 6.45) is 2.98. The standard InChI is InChI=1S/C28H27ClN6O5/c1-17(2)40-23-15-21(35(38)39)7-8-22(23)27-32-25(18-3-5-20(29)6-4-18)26(19-9-11-30-12-10-19)34(27)28(37)33-14-13-31-24(36)16-33/h3-12,15,17,25-26H,13-14,16H2,1-2H3,(H,31,36). The molecule has 40 heavy (non-hydrogen) atoms. The molecule has 0 saturated carbocycles. The van der Waals surface area contributed by atoms with Gasteiger partial charge in [0, 0.05) is 36.6 Å². The molecule has 3 aromatic rings. The van der Waals surface area contributed by atoms with Crippen molar-refractivity contribution in [1.29, 1.82) is 0 Å². The average Bonchev–Trinajstić information content (AvgIpc) is 3.33. The van der Waals surface area contributed by atoms with Gasteiger partial charge in [0.05, 0.1) is 28.7 Å². The van der Waals surface area contributed by atoms with Crippen molar-refractivity contribution in [2.75, 3.05) is 19.6 Å². The number of nitrogens with zero attached hydrogens (tertiary/aromatic N) is 5. The largest absolute Gasteiger partial charge is 0.490 e. The quantitative estimate of drug-likeness (QED) is 0.347. The van der Waals surface area contributed by atoms with Gasteiger partial charge < -0.3 is 15.0 Å².